The molecule has 1 fully saturated rings. The second-order valence-electron chi connectivity index (χ2n) is 7.07. The summed E-state index contributed by atoms with van der Waals surface area (Å²) in [7, 11) is 2.01. The third kappa shape index (κ3) is 3.32. The Balaban J connectivity index is 1.61. The Hall–Kier alpha value is -2.96. The first-order valence-corrected chi connectivity index (χ1v) is 11.2. The molecule has 2 aliphatic heterocycles. The van der Waals surface area contributed by atoms with Gasteiger partial charge >= 0.3 is 0 Å². The Labute approximate surface area is 184 Å². The number of amidine groups is 1. The molecule has 0 saturated carbocycles. The maximum atomic E-state index is 13.6. The summed E-state index contributed by atoms with van der Waals surface area (Å²) in [6.45, 7) is 2.05. The number of aryl methyl sites for hydroxylation is 1. The summed E-state index contributed by atoms with van der Waals surface area (Å²) in [6.07, 6.45) is 0. The first kappa shape index (κ1) is 19.0. The smallest absolute Gasteiger partial charge is 0.274 e. The van der Waals surface area contributed by atoms with Crippen molar-refractivity contribution in [1.82, 2.24) is 0 Å². The van der Waals surface area contributed by atoms with Gasteiger partial charge in [0.2, 0.25) is 0 Å². The van der Waals surface area contributed by atoms with Crippen LogP contribution in [0.1, 0.15) is 5.56 Å². The number of anilines is 2. The van der Waals surface area contributed by atoms with E-state index < -0.39 is 0 Å². The topological polar surface area (TPSA) is 35.9 Å². The first-order chi connectivity index (χ1) is 14.6. The Kier molecular flexibility index (Phi) is 4.89. The third-order valence-corrected chi connectivity index (χ3v) is 7.38. The zero-order chi connectivity index (χ0) is 20.7. The molecule has 2 heterocycles. The highest BCUT2D eigenvalue weighted by atomic mass is 32.2. The number of para-hydroxylation sites is 2. The largest absolute Gasteiger partial charge is 0.337 e. The zero-order valence-corrected chi connectivity index (χ0v) is 18.2. The van der Waals surface area contributed by atoms with Crippen molar-refractivity contribution in [2.24, 2.45) is 4.99 Å². The minimum Gasteiger partial charge on any atom is -0.337 e. The molecule has 0 atom stereocenters. The van der Waals surface area contributed by atoms with E-state index in [1.54, 1.807) is 16.7 Å². The van der Waals surface area contributed by atoms with Gasteiger partial charge in [-0.25, -0.2) is 4.99 Å². The van der Waals surface area contributed by atoms with E-state index in [2.05, 4.69) is 17.0 Å². The Morgan fingerprint density at radius 1 is 0.833 bits per heavy atom. The first-order valence-electron chi connectivity index (χ1n) is 9.59. The molecule has 0 radical (unpaired) electrons. The number of rotatable bonds is 2. The highest BCUT2D eigenvalue weighted by Gasteiger charge is 2.39. The molecule has 1 amide bonds. The summed E-state index contributed by atoms with van der Waals surface area (Å²) in [5, 5.41) is 1.61. The normalized spacial score (nSPS) is 19.7. The van der Waals surface area contributed by atoms with Gasteiger partial charge < -0.3 is 4.90 Å². The predicted molar refractivity (Wildman–Crippen MR) is 128 cm³/mol. The van der Waals surface area contributed by atoms with Crippen molar-refractivity contribution in [3.63, 3.8) is 0 Å². The van der Waals surface area contributed by atoms with E-state index >= 15 is 0 Å². The molecule has 3 aromatic carbocycles. The van der Waals surface area contributed by atoms with Gasteiger partial charge in [-0.15, -0.1) is 0 Å². The summed E-state index contributed by atoms with van der Waals surface area (Å²) >= 11 is 3.07. The summed E-state index contributed by atoms with van der Waals surface area (Å²) < 4.78 is 0. The van der Waals surface area contributed by atoms with Crippen LogP contribution in [-0.4, -0.2) is 18.1 Å². The minimum absolute atomic E-state index is 0.0424. The molecule has 30 heavy (non-hydrogen) atoms. The van der Waals surface area contributed by atoms with Crippen LogP contribution in [-0.2, 0) is 4.79 Å². The molecule has 0 aromatic heterocycles. The molecule has 6 heteroatoms. The second-order valence-corrected chi connectivity index (χ2v) is 9.08. The van der Waals surface area contributed by atoms with E-state index in [-0.39, 0.29) is 5.91 Å². The van der Waals surface area contributed by atoms with Crippen molar-refractivity contribution >= 4 is 51.7 Å². The Bertz CT molecular complexity index is 1190. The van der Waals surface area contributed by atoms with Gasteiger partial charge in [-0.2, -0.15) is 0 Å². The molecule has 1 saturated heterocycles. The van der Waals surface area contributed by atoms with Crippen LogP contribution in [0.5, 0.6) is 0 Å². The molecule has 5 rings (SSSR count). The summed E-state index contributed by atoms with van der Waals surface area (Å²) in [4.78, 5) is 24.1. The van der Waals surface area contributed by atoms with Crippen molar-refractivity contribution < 1.29 is 4.79 Å². The van der Waals surface area contributed by atoms with Crippen LogP contribution >= 0.6 is 23.5 Å². The number of fused-ring (bicyclic) bond motifs is 1. The quantitative estimate of drug-likeness (QED) is 0.456. The highest BCUT2D eigenvalue weighted by Crippen LogP contribution is 2.50. The number of amides is 1. The van der Waals surface area contributed by atoms with Crippen LogP contribution in [0.4, 0.5) is 17.1 Å². The van der Waals surface area contributed by atoms with Crippen LogP contribution in [0.3, 0.4) is 0 Å². The van der Waals surface area contributed by atoms with Crippen molar-refractivity contribution in [2.45, 2.75) is 11.8 Å². The third-order valence-electron chi connectivity index (χ3n) is 4.99. The molecular weight excluding hydrogens is 410 g/mol. The van der Waals surface area contributed by atoms with Crippen molar-refractivity contribution in [3.8, 4) is 0 Å². The fourth-order valence-corrected chi connectivity index (χ4v) is 5.76. The van der Waals surface area contributed by atoms with E-state index in [4.69, 9.17) is 4.99 Å². The van der Waals surface area contributed by atoms with Crippen LogP contribution in [0.15, 0.2) is 98.7 Å². The van der Waals surface area contributed by atoms with E-state index in [1.807, 2.05) is 80.7 Å². The number of carbonyl (C=O) groups excluding carboxylic acids is 1. The van der Waals surface area contributed by atoms with Crippen LogP contribution in [0.2, 0.25) is 0 Å². The Morgan fingerprint density at radius 3 is 2.27 bits per heavy atom. The van der Waals surface area contributed by atoms with E-state index in [0.29, 0.717) is 10.1 Å². The number of thioether (sulfide) groups is 2. The van der Waals surface area contributed by atoms with Crippen molar-refractivity contribution in [3.05, 3.63) is 94.4 Å². The average molecular weight is 430 g/mol. The summed E-state index contributed by atoms with van der Waals surface area (Å²) in [5.41, 5.74) is 3.95. The van der Waals surface area contributed by atoms with Gasteiger partial charge in [0.15, 0.2) is 5.17 Å². The molecular formula is C24H19N3OS2. The molecule has 2 aliphatic rings. The molecule has 0 N–H and O–H groups in total. The molecule has 3 aromatic rings. The predicted octanol–water partition coefficient (Wildman–Crippen LogP) is 6.17. The fourth-order valence-electron chi connectivity index (χ4n) is 3.41. The van der Waals surface area contributed by atoms with Crippen LogP contribution in [0, 0.1) is 6.92 Å². The monoisotopic (exact) mass is 429 g/mol. The van der Waals surface area contributed by atoms with Gasteiger partial charge in [0.05, 0.1) is 22.1 Å². The summed E-state index contributed by atoms with van der Waals surface area (Å²) in [5.74, 6) is -0.0424. The lowest BCUT2D eigenvalue weighted by molar-refractivity contribution is -0.113. The molecule has 0 aliphatic carbocycles. The zero-order valence-electron chi connectivity index (χ0n) is 16.6. The van der Waals surface area contributed by atoms with Gasteiger partial charge in [0.1, 0.15) is 4.91 Å². The Morgan fingerprint density at radius 2 is 1.53 bits per heavy atom. The van der Waals surface area contributed by atoms with E-state index in [0.717, 1.165) is 27.0 Å². The average Bonchev–Trinajstić information content (AvgIpc) is 3.27. The van der Waals surface area contributed by atoms with Gasteiger partial charge in [-0.3, -0.25) is 9.69 Å². The SMILES string of the molecule is Cc1ccc(N=C2S/C(=C3\Sc4ccccc4N3C)C(=O)N2c2ccccc2)cc1. The molecule has 4 nitrogen and oxygen atoms in total. The molecule has 0 bridgehead atoms. The van der Waals surface area contributed by atoms with Crippen molar-refractivity contribution in [2.75, 3.05) is 16.8 Å². The molecule has 0 unspecified atom stereocenters. The van der Waals surface area contributed by atoms with E-state index in [1.165, 1.54) is 17.3 Å². The van der Waals surface area contributed by atoms with E-state index in [9.17, 15) is 4.79 Å². The number of hydrogen-bond donors (Lipinski definition) is 0. The maximum absolute atomic E-state index is 13.6. The summed E-state index contributed by atoms with van der Waals surface area (Å²) in [6, 6.07) is 25.9. The fraction of sp³-hybridized carbons (Fsp3) is 0.0833. The number of aliphatic imine (C=N–C) groups is 1. The van der Waals surface area contributed by atoms with Gasteiger partial charge in [0.25, 0.3) is 5.91 Å². The van der Waals surface area contributed by atoms with Crippen molar-refractivity contribution in [1.29, 1.82) is 0 Å². The lowest BCUT2D eigenvalue weighted by atomic mass is 10.2. The van der Waals surface area contributed by atoms with Crippen LogP contribution < -0.4 is 9.80 Å². The number of benzene rings is 3. The lowest BCUT2D eigenvalue weighted by Gasteiger charge is -2.16. The van der Waals surface area contributed by atoms with Gasteiger partial charge in [-0.05, 0) is 55.1 Å². The number of nitrogens with zero attached hydrogens (tertiary/aromatic N) is 3. The van der Waals surface area contributed by atoms with Gasteiger partial charge in [-0.1, -0.05) is 59.8 Å². The lowest BCUT2D eigenvalue weighted by Crippen LogP contribution is -2.29. The molecule has 148 valence electrons. The number of carbonyl (C=O) groups is 1. The second kappa shape index (κ2) is 7.70. The van der Waals surface area contributed by atoms with Gasteiger partial charge in [0, 0.05) is 11.9 Å². The number of hydrogen-bond acceptors (Lipinski definition) is 5. The highest BCUT2D eigenvalue weighted by molar-refractivity contribution is 8.20. The van der Waals surface area contributed by atoms with Crippen LogP contribution in [0.25, 0.3) is 0 Å². The minimum atomic E-state index is -0.0424. The molecule has 0 spiro atoms. The standard InChI is InChI=1S/C24H19N3OS2/c1-16-12-14-17(15-13-16)25-24-27(18-8-4-3-5-9-18)22(28)21(30-24)23-26(2)19-10-6-7-11-20(19)29-23/h3-15H,1-2H3/b23-21-,25-24?. The maximum Gasteiger partial charge on any atom is 0.274 e.